The minimum Gasteiger partial charge on any atom is -0.392 e. The molecule has 4 heteroatoms. The van der Waals surface area contributed by atoms with Gasteiger partial charge in [0.2, 0.25) is 0 Å². The Morgan fingerprint density at radius 1 is 1.39 bits per heavy atom. The smallest absolute Gasteiger partial charge is 0.137 e. The first-order valence-electron chi connectivity index (χ1n) is 6.10. The fourth-order valence-corrected chi connectivity index (χ4v) is 2.06. The van der Waals surface area contributed by atoms with E-state index in [9.17, 15) is 9.50 Å². The van der Waals surface area contributed by atoms with Gasteiger partial charge in [0.05, 0.1) is 10.6 Å². The summed E-state index contributed by atoms with van der Waals surface area (Å²) in [5.74, 6) is -0.260. The highest BCUT2D eigenvalue weighted by atomic mass is 79.9. The van der Waals surface area contributed by atoms with Crippen molar-refractivity contribution in [1.82, 2.24) is 5.32 Å². The summed E-state index contributed by atoms with van der Waals surface area (Å²) < 4.78 is 13.7. The molecule has 0 bridgehead atoms. The minimum atomic E-state index is -0.370. The molecule has 0 aliphatic rings. The number of benzene rings is 1. The molecule has 0 saturated heterocycles. The predicted molar refractivity (Wildman–Crippen MR) is 75.9 cm³/mol. The zero-order chi connectivity index (χ0) is 13.8. The second-order valence-electron chi connectivity index (χ2n) is 5.80. The topological polar surface area (TPSA) is 32.3 Å². The van der Waals surface area contributed by atoms with Gasteiger partial charge >= 0.3 is 0 Å². The van der Waals surface area contributed by atoms with Gasteiger partial charge in [0.25, 0.3) is 0 Å². The van der Waals surface area contributed by atoms with Crippen molar-refractivity contribution in [1.29, 1.82) is 0 Å². The highest BCUT2D eigenvalue weighted by Crippen LogP contribution is 2.20. The van der Waals surface area contributed by atoms with E-state index >= 15 is 0 Å². The molecule has 1 aromatic carbocycles. The highest BCUT2D eigenvalue weighted by molar-refractivity contribution is 9.10. The van der Waals surface area contributed by atoms with E-state index in [4.69, 9.17) is 0 Å². The number of aliphatic hydroxyl groups excluding tert-OH is 1. The van der Waals surface area contributed by atoms with Crippen molar-refractivity contribution in [3.05, 3.63) is 34.1 Å². The standard InChI is InChI=1S/C14H21BrFNO/c1-14(2,3)7-11(18)9-17-8-10-4-5-12(15)13(16)6-10/h4-6,11,17-18H,7-9H2,1-3H3. The van der Waals surface area contributed by atoms with Crippen molar-refractivity contribution in [2.45, 2.75) is 39.8 Å². The Kier molecular flexibility index (Phi) is 5.76. The van der Waals surface area contributed by atoms with Crippen LogP contribution in [0.15, 0.2) is 22.7 Å². The zero-order valence-electron chi connectivity index (χ0n) is 11.1. The molecule has 2 N–H and O–H groups in total. The number of hydrogen-bond acceptors (Lipinski definition) is 2. The molecule has 1 atom stereocenters. The number of halogens is 2. The predicted octanol–water partition coefficient (Wildman–Crippen LogP) is 3.47. The molecule has 0 aliphatic heterocycles. The van der Waals surface area contributed by atoms with E-state index in [2.05, 4.69) is 42.0 Å². The van der Waals surface area contributed by atoms with Crippen molar-refractivity contribution in [2.24, 2.45) is 5.41 Å². The first-order chi connectivity index (χ1) is 8.28. The highest BCUT2D eigenvalue weighted by Gasteiger charge is 2.16. The fraction of sp³-hybridized carbons (Fsp3) is 0.571. The molecule has 1 unspecified atom stereocenters. The summed E-state index contributed by atoms with van der Waals surface area (Å²) >= 11 is 3.12. The second-order valence-corrected chi connectivity index (χ2v) is 6.65. The summed E-state index contributed by atoms with van der Waals surface area (Å²) in [4.78, 5) is 0. The van der Waals surface area contributed by atoms with Crippen molar-refractivity contribution < 1.29 is 9.50 Å². The van der Waals surface area contributed by atoms with Gasteiger partial charge in [-0.3, -0.25) is 0 Å². The maximum absolute atomic E-state index is 13.3. The van der Waals surface area contributed by atoms with Gasteiger partial charge in [-0.05, 0) is 45.5 Å². The number of nitrogens with one attached hydrogen (secondary N) is 1. The normalized spacial score (nSPS) is 13.7. The van der Waals surface area contributed by atoms with Gasteiger partial charge in [-0.2, -0.15) is 0 Å². The van der Waals surface area contributed by atoms with Crippen LogP contribution in [0.2, 0.25) is 0 Å². The third kappa shape index (κ3) is 5.94. The second kappa shape index (κ2) is 6.64. The summed E-state index contributed by atoms with van der Waals surface area (Å²) in [6.45, 7) is 7.38. The SMILES string of the molecule is CC(C)(C)CC(O)CNCc1ccc(Br)c(F)c1. The number of aliphatic hydroxyl groups is 1. The molecule has 1 aromatic rings. The molecule has 2 nitrogen and oxygen atoms in total. The van der Waals surface area contributed by atoms with Crippen LogP contribution in [-0.2, 0) is 6.54 Å². The molecule has 1 rings (SSSR count). The van der Waals surface area contributed by atoms with Crippen LogP contribution in [0.3, 0.4) is 0 Å². The molecule has 0 radical (unpaired) electrons. The van der Waals surface area contributed by atoms with Gasteiger partial charge in [-0.25, -0.2) is 4.39 Å². The summed E-state index contributed by atoms with van der Waals surface area (Å²) in [5, 5.41) is 13.0. The Morgan fingerprint density at radius 2 is 2.06 bits per heavy atom. The van der Waals surface area contributed by atoms with Crippen molar-refractivity contribution in [3.63, 3.8) is 0 Å². The van der Waals surface area contributed by atoms with Crippen LogP contribution >= 0.6 is 15.9 Å². The lowest BCUT2D eigenvalue weighted by Gasteiger charge is -2.22. The molecule has 0 fully saturated rings. The van der Waals surface area contributed by atoms with E-state index in [-0.39, 0.29) is 17.3 Å². The van der Waals surface area contributed by atoms with Gasteiger partial charge in [0, 0.05) is 13.1 Å². The maximum Gasteiger partial charge on any atom is 0.137 e. The summed E-state index contributed by atoms with van der Waals surface area (Å²) in [7, 11) is 0. The number of hydrogen-bond donors (Lipinski definition) is 2. The summed E-state index contributed by atoms with van der Waals surface area (Å²) in [6, 6.07) is 5.04. The minimum absolute atomic E-state index is 0.116. The van der Waals surface area contributed by atoms with E-state index in [1.165, 1.54) is 6.07 Å². The quantitative estimate of drug-likeness (QED) is 0.871. The molecule has 0 heterocycles. The van der Waals surface area contributed by atoms with Gasteiger partial charge in [-0.1, -0.05) is 26.8 Å². The molecule has 102 valence electrons. The third-order valence-electron chi connectivity index (χ3n) is 2.54. The van der Waals surface area contributed by atoms with E-state index in [1.54, 1.807) is 6.07 Å². The molecule has 0 saturated carbocycles. The van der Waals surface area contributed by atoms with Gasteiger partial charge in [-0.15, -0.1) is 0 Å². The van der Waals surface area contributed by atoms with Crippen molar-refractivity contribution in [3.8, 4) is 0 Å². The lowest BCUT2D eigenvalue weighted by molar-refractivity contribution is 0.119. The average molecular weight is 318 g/mol. The van der Waals surface area contributed by atoms with Crippen LogP contribution in [0.4, 0.5) is 4.39 Å². The van der Waals surface area contributed by atoms with E-state index in [0.29, 0.717) is 17.6 Å². The first-order valence-corrected chi connectivity index (χ1v) is 6.90. The Labute approximate surface area is 117 Å². The van der Waals surface area contributed by atoms with Crippen LogP contribution in [0.5, 0.6) is 0 Å². The molecule has 0 amide bonds. The lowest BCUT2D eigenvalue weighted by Crippen LogP contribution is -2.29. The third-order valence-corrected chi connectivity index (χ3v) is 3.18. The van der Waals surface area contributed by atoms with Crippen molar-refractivity contribution in [2.75, 3.05) is 6.54 Å². The van der Waals surface area contributed by atoms with Crippen LogP contribution in [0.1, 0.15) is 32.8 Å². The fourth-order valence-electron chi connectivity index (χ4n) is 1.81. The summed E-state index contributed by atoms with van der Waals surface area (Å²) in [5.41, 5.74) is 0.990. The maximum atomic E-state index is 13.3. The van der Waals surface area contributed by atoms with Crippen LogP contribution in [-0.4, -0.2) is 17.8 Å². The summed E-state index contributed by atoms with van der Waals surface area (Å²) in [6.07, 6.45) is 0.375. The Bertz CT molecular complexity index is 390. The first kappa shape index (κ1) is 15.6. The van der Waals surface area contributed by atoms with E-state index in [0.717, 1.165) is 12.0 Å². The number of rotatable bonds is 5. The van der Waals surface area contributed by atoms with E-state index in [1.807, 2.05) is 6.07 Å². The zero-order valence-corrected chi connectivity index (χ0v) is 12.7. The monoisotopic (exact) mass is 317 g/mol. The van der Waals surface area contributed by atoms with Gasteiger partial charge < -0.3 is 10.4 Å². The molecular weight excluding hydrogens is 297 g/mol. The van der Waals surface area contributed by atoms with E-state index < -0.39 is 0 Å². The van der Waals surface area contributed by atoms with Gasteiger partial charge in [0.15, 0.2) is 0 Å². The van der Waals surface area contributed by atoms with Crippen molar-refractivity contribution >= 4 is 15.9 Å². The molecule has 0 aliphatic carbocycles. The Balaban J connectivity index is 2.35. The van der Waals surface area contributed by atoms with Crippen LogP contribution in [0.25, 0.3) is 0 Å². The largest absolute Gasteiger partial charge is 0.392 e. The Morgan fingerprint density at radius 3 is 2.61 bits per heavy atom. The van der Waals surface area contributed by atoms with Crippen LogP contribution in [0, 0.1) is 11.2 Å². The average Bonchev–Trinajstić information content (AvgIpc) is 2.20. The molecule has 18 heavy (non-hydrogen) atoms. The molecular formula is C14H21BrFNO. The molecule has 0 spiro atoms. The van der Waals surface area contributed by atoms with Gasteiger partial charge in [0.1, 0.15) is 5.82 Å². The van der Waals surface area contributed by atoms with Crippen LogP contribution < -0.4 is 5.32 Å². The molecule has 0 aromatic heterocycles. The Hall–Kier alpha value is -0.450. The lowest BCUT2D eigenvalue weighted by atomic mass is 9.89.